The quantitative estimate of drug-likeness (QED) is 0.855. The van der Waals surface area contributed by atoms with E-state index in [4.69, 9.17) is 0 Å². The van der Waals surface area contributed by atoms with Crippen molar-refractivity contribution in [1.82, 2.24) is 4.98 Å². The van der Waals surface area contributed by atoms with Crippen LogP contribution in [0.2, 0.25) is 0 Å². The van der Waals surface area contributed by atoms with Crippen LogP contribution in [0.25, 0.3) is 11.3 Å². The van der Waals surface area contributed by atoms with Crippen molar-refractivity contribution in [2.24, 2.45) is 0 Å². The predicted octanol–water partition coefficient (Wildman–Crippen LogP) is 3.47. The molecule has 0 aliphatic rings. The third-order valence-electron chi connectivity index (χ3n) is 2.02. The lowest BCUT2D eigenvalue weighted by Crippen LogP contribution is -1.89. The van der Waals surface area contributed by atoms with Crippen LogP contribution in [-0.2, 0) is 0 Å². The lowest BCUT2D eigenvalue weighted by molar-refractivity contribution is 0.199. The van der Waals surface area contributed by atoms with Gasteiger partial charge in [-0.05, 0) is 41.6 Å². The Bertz CT molecular complexity index is 450. The van der Waals surface area contributed by atoms with Crippen molar-refractivity contribution in [3.8, 4) is 11.3 Å². The van der Waals surface area contributed by atoms with Gasteiger partial charge in [-0.3, -0.25) is 0 Å². The van der Waals surface area contributed by atoms with E-state index in [-0.39, 0.29) is 0 Å². The first-order chi connectivity index (χ1) is 7.16. The SMILES string of the molecule is CC(O)c1nc(-c2ccc(I)cc2)cs1. The lowest BCUT2D eigenvalue weighted by Gasteiger charge is -1.98. The Morgan fingerprint density at radius 2 is 2.00 bits per heavy atom. The number of halogens is 1. The van der Waals surface area contributed by atoms with Crippen LogP contribution in [0.4, 0.5) is 0 Å². The second-order valence-electron chi connectivity index (χ2n) is 3.25. The molecule has 4 heteroatoms. The molecule has 0 aliphatic heterocycles. The molecule has 0 spiro atoms. The molecule has 1 atom stereocenters. The number of hydrogen-bond donors (Lipinski definition) is 1. The van der Waals surface area contributed by atoms with Gasteiger partial charge in [0.2, 0.25) is 0 Å². The van der Waals surface area contributed by atoms with Crippen molar-refractivity contribution in [3.05, 3.63) is 38.2 Å². The monoisotopic (exact) mass is 331 g/mol. The Hall–Kier alpha value is -0.460. The highest BCUT2D eigenvalue weighted by Gasteiger charge is 2.08. The maximum absolute atomic E-state index is 9.37. The molecule has 2 rings (SSSR count). The summed E-state index contributed by atoms with van der Waals surface area (Å²) in [6, 6.07) is 8.19. The Kier molecular flexibility index (Phi) is 3.38. The molecule has 1 aromatic carbocycles. The molecule has 78 valence electrons. The van der Waals surface area contributed by atoms with Crippen LogP contribution in [-0.4, -0.2) is 10.1 Å². The van der Waals surface area contributed by atoms with E-state index < -0.39 is 6.10 Å². The molecule has 0 radical (unpaired) electrons. The van der Waals surface area contributed by atoms with Crippen LogP contribution in [0.5, 0.6) is 0 Å². The number of nitrogens with zero attached hydrogens (tertiary/aromatic N) is 1. The van der Waals surface area contributed by atoms with E-state index in [0.29, 0.717) is 0 Å². The molecule has 1 heterocycles. The van der Waals surface area contributed by atoms with E-state index in [1.54, 1.807) is 6.92 Å². The van der Waals surface area contributed by atoms with Crippen molar-refractivity contribution in [2.45, 2.75) is 13.0 Å². The van der Waals surface area contributed by atoms with Crippen LogP contribution in [0.3, 0.4) is 0 Å². The number of rotatable bonds is 2. The molecule has 1 N–H and O–H groups in total. The van der Waals surface area contributed by atoms with E-state index in [9.17, 15) is 5.11 Å². The molecule has 0 fully saturated rings. The molecule has 15 heavy (non-hydrogen) atoms. The second-order valence-corrected chi connectivity index (χ2v) is 5.39. The summed E-state index contributed by atoms with van der Waals surface area (Å²) in [5.74, 6) is 0. The molecule has 1 unspecified atom stereocenters. The Morgan fingerprint density at radius 1 is 1.33 bits per heavy atom. The van der Waals surface area contributed by atoms with Gasteiger partial charge < -0.3 is 5.11 Å². The van der Waals surface area contributed by atoms with Crippen molar-refractivity contribution >= 4 is 33.9 Å². The molecule has 0 aliphatic carbocycles. The zero-order valence-electron chi connectivity index (χ0n) is 8.14. The normalized spacial score (nSPS) is 12.7. The highest BCUT2D eigenvalue weighted by atomic mass is 127. The van der Waals surface area contributed by atoms with Gasteiger partial charge in [0.25, 0.3) is 0 Å². The van der Waals surface area contributed by atoms with Gasteiger partial charge in [0.1, 0.15) is 11.1 Å². The van der Waals surface area contributed by atoms with Gasteiger partial charge in [-0.25, -0.2) is 4.98 Å². The van der Waals surface area contributed by atoms with Crippen LogP contribution < -0.4 is 0 Å². The summed E-state index contributed by atoms with van der Waals surface area (Å²) in [4.78, 5) is 4.38. The topological polar surface area (TPSA) is 33.1 Å². The Labute approximate surface area is 106 Å². The Morgan fingerprint density at radius 3 is 2.53 bits per heavy atom. The summed E-state index contributed by atoms with van der Waals surface area (Å²) < 4.78 is 1.21. The summed E-state index contributed by atoms with van der Waals surface area (Å²) in [5, 5.41) is 12.1. The summed E-state index contributed by atoms with van der Waals surface area (Å²) in [6.45, 7) is 1.73. The zero-order valence-corrected chi connectivity index (χ0v) is 11.1. The molecule has 0 saturated carbocycles. The third-order valence-corrected chi connectivity index (χ3v) is 3.75. The average molecular weight is 331 g/mol. The van der Waals surface area contributed by atoms with E-state index in [1.165, 1.54) is 14.9 Å². The van der Waals surface area contributed by atoms with Gasteiger partial charge in [0, 0.05) is 14.5 Å². The first kappa shape index (κ1) is 11.0. The fourth-order valence-electron chi connectivity index (χ4n) is 1.23. The Balaban J connectivity index is 2.33. The number of thiazole rings is 1. The summed E-state index contributed by atoms with van der Waals surface area (Å²) in [6.07, 6.45) is -0.479. The number of aliphatic hydroxyl groups is 1. The van der Waals surface area contributed by atoms with Crippen molar-refractivity contribution in [2.75, 3.05) is 0 Å². The van der Waals surface area contributed by atoms with Gasteiger partial charge in [-0.1, -0.05) is 12.1 Å². The minimum Gasteiger partial charge on any atom is -0.386 e. The number of aliphatic hydroxyl groups excluding tert-OH is 1. The first-order valence-electron chi connectivity index (χ1n) is 4.56. The zero-order chi connectivity index (χ0) is 10.8. The maximum atomic E-state index is 9.37. The maximum Gasteiger partial charge on any atom is 0.122 e. The molecule has 2 aromatic rings. The summed E-state index contributed by atoms with van der Waals surface area (Å²) >= 11 is 3.77. The van der Waals surface area contributed by atoms with Gasteiger partial charge in [-0.2, -0.15) is 0 Å². The van der Waals surface area contributed by atoms with E-state index in [1.807, 2.05) is 17.5 Å². The number of hydrogen-bond acceptors (Lipinski definition) is 3. The molecule has 1 aromatic heterocycles. The lowest BCUT2D eigenvalue weighted by atomic mass is 10.2. The molecular weight excluding hydrogens is 321 g/mol. The summed E-state index contributed by atoms with van der Waals surface area (Å²) in [7, 11) is 0. The van der Waals surface area contributed by atoms with Crippen LogP contribution in [0, 0.1) is 3.57 Å². The highest BCUT2D eigenvalue weighted by Crippen LogP contribution is 2.25. The molecule has 0 amide bonds. The standard InChI is InChI=1S/C11H10INOS/c1-7(14)11-13-10(6-15-11)8-2-4-9(12)5-3-8/h2-7,14H,1H3. The van der Waals surface area contributed by atoms with Gasteiger partial charge in [0.05, 0.1) is 5.69 Å². The average Bonchev–Trinajstić information content (AvgIpc) is 2.68. The van der Waals surface area contributed by atoms with Gasteiger partial charge in [0.15, 0.2) is 0 Å². The smallest absolute Gasteiger partial charge is 0.122 e. The fourth-order valence-corrected chi connectivity index (χ4v) is 2.36. The van der Waals surface area contributed by atoms with Crippen molar-refractivity contribution in [3.63, 3.8) is 0 Å². The number of aromatic nitrogens is 1. The van der Waals surface area contributed by atoms with Gasteiger partial charge >= 0.3 is 0 Å². The molecule has 2 nitrogen and oxygen atoms in total. The molecule has 0 saturated heterocycles. The van der Waals surface area contributed by atoms with E-state index >= 15 is 0 Å². The molecular formula is C11H10INOS. The van der Waals surface area contributed by atoms with Gasteiger partial charge in [-0.15, -0.1) is 11.3 Å². The largest absolute Gasteiger partial charge is 0.386 e. The molecule has 0 bridgehead atoms. The third kappa shape index (κ3) is 2.56. The van der Waals surface area contributed by atoms with E-state index in [0.717, 1.165) is 16.3 Å². The van der Waals surface area contributed by atoms with Crippen molar-refractivity contribution < 1.29 is 5.11 Å². The predicted molar refractivity (Wildman–Crippen MR) is 70.9 cm³/mol. The van der Waals surface area contributed by atoms with Crippen LogP contribution >= 0.6 is 33.9 Å². The number of benzene rings is 1. The highest BCUT2D eigenvalue weighted by molar-refractivity contribution is 14.1. The van der Waals surface area contributed by atoms with Crippen molar-refractivity contribution in [1.29, 1.82) is 0 Å². The van der Waals surface area contributed by atoms with Crippen LogP contribution in [0.1, 0.15) is 18.0 Å². The summed E-state index contributed by atoms with van der Waals surface area (Å²) in [5.41, 5.74) is 2.03. The van der Waals surface area contributed by atoms with Crippen LogP contribution in [0.15, 0.2) is 29.6 Å². The van der Waals surface area contributed by atoms with E-state index in [2.05, 4.69) is 39.7 Å². The fraction of sp³-hybridized carbons (Fsp3) is 0.182. The second kappa shape index (κ2) is 4.59. The first-order valence-corrected chi connectivity index (χ1v) is 6.52. The minimum atomic E-state index is -0.479. The minimum absolute atomic E-state index is 0.479.